The molecule has 216 valence electrons. The number of nitrogens with zero attached hydrogens (tertiary/aromatic N) is 1. The zero-order valence-electron chi connectivity index (χ0n) is 23.9. The van der Waals surface area contributed by atoms with E-state index in [1.807, 2.05) is 55.9 Å². The van der Waals surface area contributed by atoms with E-state index in [1.54, 1.807) is 0 Å². The fourth-order valence-corrected chi connectivity index (χ4v) is 7.47. The second kappa shape index (κ2) is 12.8. The molecular weight excluding hydrogens is 550 g/mol. The molecular formula is C35H40ClNO3S. The number of halogens is 1. The zero-order chi connectivity index (χ0) is 29.0. The Balaban J connectivity index is 1.35. The molecule has 3 aromatic carbocycles. The van der Waals surface area contributed by atoms with Crippen LogP contribution in [0.1, 0.15) is 79.0 Å². The van der Waals surface area contributed by atoms with E-state index in [0.717, 1.165) is 66.8 Å². The number of aliphatic imine (C=N–C) groups is 1. The van der Waals surface area contributed by atoms with E-state index < -0.39 is 11.9 Å². The van der Waals surface area contributed by atoms with Gasteiger partial charge < -0.3 is 15.3 Å². The van der Waals surface area contributed by atoms with E-state index in [-0.39, 0.29) is 10.7 Å². The highest BCUT2D eigenvalue weighted by Crippen LogP contribution is 2.54. The largest absolute Gasteiger partial charge is 0.386 e. The Morgan fingerprint density at radius 3 is 2.56 bits per heavy atom. The number of aliphatic hydroxyl groups excluding tert-OH is 1. The maximum atomic E-state index is 10.7. The first-order chi connectivity index (χ1) is 19.6. The van der Waals surface area contributed by atoms with Crippen molar-refractivity contribution >= 4 is 40.8 Å². The van der Waals surface area contributed by atoms with E-state index in [9.17, 15) is 15.3 Å². The summed E-state index contributed by atoms with van der Waals surface area (Å²) in [7, 11) is 0. The molecule has 0 unspecified atom stereocenters. The third-order valence-corrected chi connectivity index (χ3v) is 10.2. The van der Waals surface area contributed by atoms with Gasteiger partial charge in [0.15, 0.2) is 6.29 Å². The molecule has 3 aromatic rings. The molecule has 0 bridgehead atoms. The normalized spacial score (nSPS) is 17.0. The lowest BCUT2D eigenvalue weighted by Gasteiger charge is -2.25. The van der Waals surface area contributed by atoms with Crippen molar-refractivity contribution in [3.63, 3.8) is 0 Å². The number of aryl methyl sites for hydroxylation is 2. The van der Waals surface area contributed by atoms with E-state index in [4.69, 9.17) is 16.6 Å². The first kappa shape index (κ1) is 30.1. The molecule has 3 N–H and O–H groups in total. The minimum Gasteiger partial charge on any atom is -0.386 e. The van der Waals surface area contributed by atoms with Gasteiger partial charge in [-0.25, -0.2) is 0 Å². The summed E-state index contributed by atoms with van der Waals surface area (Å²) in [6.45, 7) is 3.68. The molecule has 0 radical (unpaired) electrons. The molecule has 1 aliphatic heterocycles. The van der Waals surface area contributed by atoms with Gasteiger partial charge in [0.2, 0.25) is 0 Å². The first-order valence-electron chi connectivity index (χ1n) is 14.5. The number of benzene rings is 3. The Labute approximate surface area is 253 Å². The highest BCUT2D eigenvalue weighted by atomic mass is 35.5. The van der Waals surface area contributed by atoms with Crippen LogP contribution in [0.5, 0.6) is 0 Å². The fraction of sp³-hybridized carbons (Fsp3) is 0.400. The van der Waals surface area contributed by atoms with Gasteiger partial charge in [-0.05, 0) is 110 Å². The second-order valence-corrected chi connectivity index (χ2v) is 13.7. The summed E-state index contributed by atoms with van der Waals surface area (Å²) < 4.78 is 0. The lowest BCUT2D eigenvalue weighted by molar-refractivity contribution is -0.0568. The zero-order valence-corrected chi connectivity index (χ0v) is 25.5. The van der Waals surface area contributed by atoms with Crippen LogP contribution in [0.3, 0.4) is 0 Å². The molecule has 1 saturated carbocycles. The topological polar surface area (TPSA) is 73.0 Å². The molecule has 0 amide bonds. The van der Waals surface area contributed by atoms with Crippen molar-refractivity contribution in [1.82, 2.24) is 0 Å². The summed E-state index contributed by atoms with van der Waals surface area (Å²) in [5, 5.41) is 31.0. The Hall–Kier alpha value is -2.41. The van der Waals surface area contributed by atoms with Crippen molar-refractivity contribution in [3.8, 4) is 0 Å². The molecule has 0 saturated heterocycles. The Morgan fingerprint density at radius 2 is 1.80 bits per heavy atom. The summed E-state index contributed by atoms with van der Waals surface area (Å²) in [5.74, 6) is 0.904. The predicted molar refractivity (Wildman–Crippen MR) is 172 cm³/mol. The molecule has 5 rings (SSSR count). The Bertz CT molecular complexity index is 1420. The van der Waals surface area contributed by atoms with Crippen molar-refractivity contribution in [3.05, 3.63) is 106 Å². The third kappa shape index (κ3) is 8.12. The van der Waals surface area contributed by atoms with Crippen molar-refractivity contribution in [2.75, 3.05) is 5.75 Å². The number of hydrogen-bond donors (Lipinski definition) is 3. The van der Waals surface area contributed by atoms with E-state index in [1.165, 1.54) is 16.7 Å². The second-order valence-electron chi connectivity index (χ2n) is 12.1. The van der Waals surface area contributed by atoms with Crippen LogP contribution in [0.2, 0.25) is 5.02 Å². The minimum absolute atomic E-state index is 0.0257. The molecule has 2 aliphatic rings. The van der Waals surface area contributed by atoms with Crippen LogP contribution in [0.15, 0.2) is 77.8 Å². The third-order valence-electron chi connectivity index (χ3n) is 8.23. The number of aliphatic hydroxyl groups is 3. The smallest absolute Gasteiger partial charge is 0.152 e. The van der Waals surface area contributed by atoms with Crippen molar-refractivity contribution in [2.45, 2.75) is 75.9 Å². The Kier molecular flexibility index (Phi) is 9.42. The predicted octanol–water partition coefficient (Wildman–Crippen LogP) is 8.19. The van der Waals surface area contributed by atoms with Gasteiger partial charge in [0, 0.05) is 22.4 Å². The van der Waals surface area contributed by atoms with E-state index in [2.05, 4.69) is 48.6 Å². The van der Waals surface area contributed by atoms with Gasteiger partial charge in [0.1, 0.15) is 0 Å². The van der Waals surface area contributed by atoms with Gasteiger partial charge in [0.05, 0.1) is 11.3 Å². The Morgan fingerprint density at radius 1 is 1.00 bits per heavy atom. The van der Waals surface area contributed by atoms with Gasteiger partial charge in [-0.15, -0.1) is 0 Å². The lowest BCUT2D eigenvalue weighted by atomic mass is 9.90. The average Bonchev–Trinajstić information content (AvgIpc) is 3.70. The highest BCUT2D eigenvalue weighted by Gasteiger charge is 2.44. The summed E-state index contributed by atoms with van der Waals surface area (Å²) >= 11 is 8.12. The molecule has 1 atom stereocenters. The van der Waals surface area contributed by atoms with Crippen molar-refractivity contribution in [1.29, 1.82) is 0 Å². The average molecular weight is 590 g/mol. The van der Waals surface area contributed by atoms with Gasteiger partial charge in [-0.2, -0.15) is 11.8 Å². The molecule has 41 heavy (non-hydrogen) atoms. The number of rotatable bonds is 12. The number of hydrogen-bond acceptors (Lipinski definition) is 5. The molecule has 6 heteroatoms. The lowest BCUT2D eigenvalue weighted by Crippen LogP contribution is -2.18. The minimum atomic E-state index is -1.26. The van der Waals surface area contributed by atoms with Crippen LogP contribution in [-0.2, 0) is 18.4 Å². The summed E-state index contributed by atoms with van der Waals surface area (Å²) in [4.78, 5) is 4.84. The first-order valence-corrected chi connectivity index (χ1v) is 16.0. The quantitative estimate of drug-likeness (QED) is 0.186. The molecule has 1 aliphatic carbocycles. The van der Waals surface area contributed by atoms with Crippen LogP contribution in [-0.4, -0.2) is 33.1 Å². The standard InChI is InChI=1S/C35H40ClNO3S/c1-34(2,40)30-9-4-3-7-25(30)13-17-32(41-23-35(18-19-35)22-33(38)39)27-8-5-6-24(20-27)10-15-29-16-12-26-11-14-28(36)21-31(26)37-29/h3-11,14-15,20-21,32-33,38-40H,12-13,16-19,22-23H2,1-2H3/b15-10+/t32-/m1/s1. The highest BCUT2D eigenvalue weighted by molar-refractivity contribution is 7.99. The number of allylic oxidation sites excluding steroid dienone is 1. The van der Waals surface area contributed by atoms with Crippen LogP contribution < -0.4 is 0 Å². The van der Waals surface area contributed by atoms with Crippen molar-refractivity contribution < 1.29 is 15.3 Å². The van der Waals surface area contributed by atoms with Gasteiger partial charge in [-0.3, -0.25) is 4.99 Å². The fourth-order valence-electron chi connectivity index (χ4n) is 5.72. The maximum absolute atomic E-state index is 10.7. The summed E-state index contributed by atoms with van der Waals surface area (Å²) in [5.41, 5.74) is 6.92. The van der Waals surface area contributed by atoms with Crippen LogP contribution in [0.25, 0.3) is 6.08 Å². The maximum Gasteiger partial charge on any atom is 0.152 e. The van der Waals surface area contributed by atoms with Gasteiger partial charge >= 0.3 is 0 Å². The summed E-state index contributed by atoms with van der Waals surface area (Å²) in [6, 6.07) is 22.8. The van der Waals surface area contributed by atoms with Crippen molar-refractivity contribution in [2.24, 2.45) is 10.4 Å². The van der Waals surface area contributed by atoms with Gasteiger partial charge in [-0.1, -0.05) is 72.3 Å². The molecule has 1 heterocycles. The van der Waals surface area contributed by atoms with E-state index >= 15 is 0 Å². The molecule has 4 nitrogen and oxygen atoms in total. The number of fused-ring (bicyclic) bond motifs is 1. The van der Waals surface area contributed by atoms with Crippen LogP contribution in [0, 0.1) is 5.41 Å². The van der Waals surface area contributed by atoms with Crippen LogP contribution in [0.4, 0.5) is 5.69 Å². The monoisotopic (exact) mass is 589 g/mol. The number of thioether (sulfide) groups is 1. The molecule has 0 aromatic heterocycles. The van der Waals surface area contributed by atoms with Gasteiger partial charge in [0.25, 0.3) is 0 Å². The molecule has 1 fully saturated rings. The summed E-state index contributed by atoms with van der Waals surface area (Å²) in [6.07, 6.45) is 9.19. The van der Waals surface area contributed by atoms with E-state index in [0.29, 0.717) is 11.4 Å². The van der Waals surface area contributed by atoms with Crippen LogP contribution >= 0.6 is 23.4 Å². The molecule has 0 spiro atoms. The SMILES string of the molecule is CC(C)(O)c1ccccc1CC[C@@H](SCC1(CC(O)O)CC1)c1cccc(/C=C/C2=Nc3cc(Cl)ccc3CC2)c1.